The molecule has 7 nitrogen and oxygen atoms in total. The summed E-state index contributed by atoms with van der Waals surface area (Å²) in [6.07, 6.45) is 9.12. The predicted octanol–water partition coefficient (Wildman–Crippen LogP) is 3.55. The Bertz CT molecular complexity index is 819. The lowest BCUT2D eigenvalue weighted by molar-refractivity contribution is -0.137. The van der Waals surface area contributed by atoms with E-state index in [1.165, 1.54) is 20.6 Å². The normalized spacial score (nSPS) is 17.7. The largest absolute Gasteiger partial charge is 0.493 e. The number of ether oxygens (including phenoxy) is 4. The number of benzene rings is 1. The molecule has 2 aliphatic rings. The van der Waals surface area contributed by atoms with Crippen molar-refractivity contribution in [3.05, 3.63) is 47.3 Å². The second kappa shape index (κ2) is 9.69. The van der Waals surface area contributed by atoms with E-state index in [9.17, 15) is 9.59 Å². The third-order valence-corrected chi connectivity index (χ3v) is 5.78. The molecule has 0 bridgehead atoms. The smallest absolute Gasteiger partial charge is 0.336 e. The van der Waals surface area contributed by atoms with Crippen LogP contribution in [-0.2, 0) is 19.1 Å². The summed E-state index contributed by atoms with van der Waals surface area (Å²) >= 11 is 0. The molecule has 0 spiro atoms. The fraction of sp³-hybridized carbons (Fsp3) is 0.478. The molecule has 30 heavy (non-hydrogen) atoms. The number of hydrogen-bond donors (Lipinski definition) is 0. The van der Waals surface area contributed by atoms with Crippen LogP contribution in [0.4, 0.5) is 0 Å². The summed E-state index contributed by atoms with van der Waals surface area (Å²) in [6.45, 7) is 0. The van der Waals surface area contributed by atoms with Crippen molar-refractivity contribution in [2.24, 2.45) is 0 Å². The molecule has 0 saturated heterocycles. The Morgan fingerprint density at radius 2 is 1.40 bits per heavy atom. The molecular weight excluding hydrogens is 386 g/mol. The van der Waals surface area contributed by atoms with Crippen LogP contribution in [0.3, 0.4) is 0 Å². The van der Waals surface area contributed by atoms with Gasteiger partial charge in [-0.3, -0.25) is 0 Å². The Labute approximate surface area is 177 Å². The number of hydrogen-bond acceptors (Lipinski definition) is 7. The summed E-state index contributed by atoms with van der Waals surface area (Å²) in [6, 6.07) is 5.58. The Balaban J connectivity index is 2.11. The number of esters is 2. The van der Waals surface area contributed by atoms with Gasteiger partial charge in [0.1, 0.15) is 0 Å². The first kappa shape index (κ1) is 21.7. The molecule has 0 radical (unpaired) electrons. The number of carbonyl (C=O) groups is 2. The van der Waals surface area contributed by atoms with E-state index >= 15 is 0 Å². The molecular formula is C23H29NO6. The quantitative estimate of drug-likeness (QED) is 0.658. The highest BCUT2D eigenvalue weighted by atomic mass is 16.5. The number of rotatable bonds is 6. The summed E-state index contributed by atoms with van der Waals surface area (Å²) in [5, 5.41) is 0. The molecule has 0 aromatic heterocycles. The van der Waals surface area contributed by atoms with Crippen LogP contribution in [0.5, 0.6) is 11.5 Å². The number of methoxy groups -OCH3 is 4. The van der Waals surface area contributed by atoms with Gasteiger partial charge in [-0.25, -0.2) is 9.59 Å². The van der Waals surface area contributed by atoms with Crippen LogP contribution in [-0.4, -0.2) is 51.3 Å². The van der Waals surface area contributed by atoms with Gasteiger partial charge in [-0.15, -0.1) is 0 Å². The molecule has 0 unspecified atom stereocenters. The summed E-state index contributed by atoms with van der Waals surface area (Å²) < 4.78 is 20.9. The van der Waals surface area contributed by atoms with Crippen LogP contribution < -0.4 is 9.47 Å². The molecule has 1 aromatic rings. The predicted molar refractivity (Wildman–Crippen MR) is 111 cm³/mol. The van der Waals surface area contributed by atoms with Gasteiger partial charge in [-0.05, 0) is 30.5 Å². The standard InChI is InChI=1S/C23H29NO6/c1-27-19-11-10-15(12-20(19)28-2)21-17(22(25)29-3)13-24(14-18(21)23(26)30-4)16-8-6-5-7-9-16/h10-14,16,21H,5-9H2,1-4H3. The van der Waals surface area contributed by atoms with Crippen LogP contribution >= 0.6 is 0 Å². The van der Waals surface area contributed by atoms with Crippen molar-refractivity contribution >= 4 is 11.9 Å². The van der Waals surface area contributed by atoms with Crippen molar-refractivity contribution in [1.29, 1.82) is 0 Å². The van der Waals surface area contributed by atoms with Crippen LogP contribution in [0.15, 0.2) is 41.7 Å². The molecule has 1 aliphatic carbocycles. The van der Waals surface area contributed by atoms with Gasteiger partial charge in [-0.1, -0.05) is 25.3 Å². The summed E-state index contributed by atoms with van der Waals surface area (Å²) in [7, 11) is 5.78. The van der Waals surface area contributed by atoms with Gasteiger partial charge in [0, 0.05) is 18.4 Å². The molecule has 1 fully saturated rings. The van der Waals surface area contributed by atoms with E-state index in [2.05, 4.69) is 0 Å². The zero-order valence-electron chi connectivity index (χ0n) is 18.0. The Morgan fingerprint density at radius 3 is 1.90 bits per heavy atom. The highest BCUT2D eigenvalue weighted by Gasteiger charge is 2.37. The van der Waals surface area contributed by atoms with Crippen molar-refractivity contribution in [3.63, 3.8) is 0 Å². The van der Waals surface area contributed by atoms with Gasteiger partial charge >= 0.3 is 11.9 Å². The Morgan fingerprint density at radius 1 is 0.833 bits per heavy atom. The summed E-state index contributed by atoms with van der Waals surface area (Å²) in [4.78, 5) is 27.5. The fourth-order valence-electron chi connectivity index (χ4n) is 4.23. The van der Waals surface area contributed by atoms with Crippen LogP contribution in [0.1, 0.15) is 43.6 Å². The molecule has 0 N–H and O–H groups in total. The molecule has 7 heteroatoms. The highest BCUT2D eigenvalue weighted by molar-refractivity contribution is 5.98. The molecule has 1 aliphatic heterocycles. The highest BCUT2D eigenvalue weighted by Crippen LogP contribution is 2.41. The van der Waals surface area contributed by atoms with E-state index in [0.717, 1.165) is 25.7 Å². The van der Waals surface area contributed by atoms with E-state index in [1.54, 1.807) is 26.4 Å². The lowest BCUT2D eigenvalue weighted by Gasteiger charge is -2.36. The first-order valence-corrected chi connectivity index (χ1v) is 10.1. The van der Waals surface area contributed by atoms with Crippen molar-refractivity contribution in [2.75, 3.05) is 28.4 Å². The Hall–Kier alpha value is -2.96. The zero-order chi connectivity index (χ0) is 21.7. The zero-order valence-corrected chi connectivity index (χ0v) is 18.0. The number of nitrogens with zero attached hydrogens (tertiary/aromatic N) is 1. The van der Waals surface area contributed by atoms with Gasteiger partial charge in [0.25, 0.3) is 0 Å². The van der Waals surface area contributed by atoms with Crippen LogP contribution in [0.2, 0.25) is 0 Å². The average Bonchev–Trinajstić information content (AvgIpc) is 2.82. The minimum absolute atomic E-state index is 0.240. The minimum Gasteiger partial charge on any atom is -0.493 e. The third kappa shape index (κ3) is 4.30. The van der Waals surface area contributed by atoms with E-state index in [4.69, 9.17) is 18.9 Å². The maximum atomic E-state index is 12.8. The maximum Gasteiger partial charge on any atom is 0.336 e. The summed E-state index contributed by atoms with van der Waals surface area (Å²) in [5.41, 5.74) is 1.49. The van der Waals surface area contributed by atoms with Crippen molar-refractivity contribution in [1.82, 2.24) is 4.90 Å². The lowest BCUT2D eigenvalue weighted by atomic mass is 9.82. The van der Waals surface area contributed by atoms with Gasteiger partial charge in [-0.2, -0.15) is 0 Å². The van der Waals surface area contributed by atoms with Gasteiger partial charge in [0.2, 0.25) is 0 Å². The van der Waals surface area contributed by atoms with Gasteiger partial charge < -0.3 is 23.8 Å². The van der Waals surface area contributed by atoms with Crippen LogP contribution in [0.25, 0.3) is 0 Å². The van der Waals surface area contributed by atoms with Crippen molar-refractivity contribution in [2.45, 2.75) is 44.1 Å². The molecule has 1 heterocycles. The summed E-state index contributed by atoms with van der Waals surface area (Å²) in [5.74, 6) is -0.522. The monoisotopic (exact) mass is 415 g/mol. The maximum absolute atomic E-state index is 12.8. The topological polar surface area (TPSA) is 74.3 Å². The number of carbonyl (C=O) groups excluding carboxylic acids is 2. The van der Waals surface area contributed by atoms with E-state index in [1.807, 2.05) is 23.4 Å². The van der Waals surface area contributed by atoms with Gasteiger partial charge in [0.05, 0.1) is 45.5 Å². The second-order valence-corrected chi connectivity index (χ2v) is 7.44. The molecule has 0 atom stereocenters. The molecule has 162 valence electrons. The molecule has 1 saturated carbocycles. The fourth-order valence-corrected chi connectivity index (χ4v) is 4.23. The van der Waals surface area contributed by atoms with E-state index in [0.29, 0.717) is 28.2 Å². The Kier molecular flexibility index (Phi) is 7.03. The first-order chi connectivity index (χ1) is 14.5. The SMILES string of the molecule is COC(=O)C1=CN(C2CCCCC2)C=C(C(=O)OC)C1c1ccc(OC)c(OC)c1. The first-order valence-electron chi connectivity index (χ1n) is 10.1. The van der Waals surface area contributed by atoms with E-state index in [-0.39, 0.29) is 6.04 Å². The molecule has 0 amide bonds. The molecule has 3 rings (SSSR count). The van der Waals surface area contributed by atoms with Crippen LogP contribution in [0, 0.1) is 0 Å². The second-order valence-electron chi connectivity index (χ2n) is 7.44. The lowest BCUT2D eigenvalue weighted by Crippen LogP contribution is -2.35. The minimum atomic E-state index is -0.635. The average molecular weight is 415 g/mol. The van der Waals surface area contributed by atoms with Crippen molar-refractivity contribution in [3.8, 4) is 11.5 Å². The third-order valence-electron chi connectivity index (χ3n) is 5.78. The molecule has 1 aromatic carbocycles. The van der Waals surface area contributed by atoms with Gasteiger partial charge in [0.15, 0.2) is 11.5 Å². The van der Waals surface area contributed by atoms with Crippen molar-refractivity contribution < 1.29 is 28.5 Å². The van der Waals surface area contributed by atoms with E-state index < -0.39 is 17.9 Å².